The van der Waals surface area contributed by atoms with Crippen LogP contribution in [0.1, 0.15) is 26.7 Å². The topological polar surface area (TPSA) is 122 Å². The molecule has 0 saturated carbocycles. The average molecular weight is 290 g/mol. The molecule has 1 aliphatic heterocycles. The number of carbonyl (C=O) groups excluding carboxylic acids is 1. The zero-order valence-corrected chi connectivity index (χ0v) is 11.8. The first-order chi connectivity index (χ1) is 9.38. The molecule has 0 aliphatic carbocycles. The maximum Gasteiger partial charge on any atom is 0.220 e. The minimum atomic E-state index is -1.41. The molecule has 7 heteroatoms. The molecule has 0 spiro atoms. The standard InChI is InChI=1S/C13H24NO6/c1-3-4-5-19-13-11(17)10(16)9(15)8(20-13)6-7(2)12(14)18/h6-11,13,15-17H,3-5H2,1-2H3,(H2,14,18). The molecule has 1 rings (SSSR count). The molecular formula is C13H24NO6. The maximum atomic E-state index is 11.0. The average Bonchev–Trinajstić information content (AvgIpc) is 2.41. The summed E-state index contributed by atoms with van der Waals surface area (Å²) in [5.41, 5.74) is 5.14. The van der Waals surface area contributed by atoms with Crippen LogP contribution in [0.15, 0.2) is 0 Å². The Kier molecular flexibility index (Phi) is 6.84. The van der Waals surface area contributed by atoms with E-state index in [1.165, 1.54) is 6.42 Å². The van der Waals surface area contributed by atoms with E-state index in [1.54, 1.807) is 6.92 Å². The minimum absolute atomic E-state index is 0.374. The van der Waals surface area contributed by atoms with Crippen LogP contribution in [0.2, 0.25) is 0 Å². The first-order valence-corrected chi connectivity index (χ1v) is 6.84. The van der Waals surface area contributed by atoms with Crippen molar-refractivity contribution in [2.75, 3.05) is 6.61 Å². The lowest BCUT2D eigenvalue weighted by Crippen LogP contribution is -2.58. The first-order valence-electron chi connectivity index (χ1n) is 6.84. The number of aliphatic hydroxyl groups excluding tert-OH is 3. The normalized spacial score (nSPS) is 35.8. The van der Waals surface area contributed by atoms with E-state index in [4.69, 9.17) is 15.2 Å². The quantitative estimate of drug-likeness (QED) is 0.443. The maximum absolute atomic E-state index is 11.0. The smallest absolute Gasteiger partial charge is 0.220 e. The minimum Gasteiger partial charge on any atom is -0.388 e. The zero-order valence-electron chi connectivity index (χ0n) is 11.8. The molecule has 1 fully saturated rings. The highest BCUT2D eigenvalue weighted by Gasteiger charge is 2.44. The number of ether oxygens (including phenoxy) is 2. The number of nitrogens with two attached hydrogens (primary N) is 1. The lowest BCUT2D eigenvalue weighted by Gasteiger charge is -2.40. The second-order valence-corrected chi connectivity index (χ2v) is 5.05. The van der Waals surface area contributed by atoms with Gasteiger partial charge in [-0.2, -0.15) is 0 Å². The van der Waals surface area contributed by atoms with Crippen molar-refractivity contribution in [3.63, 3.8) is 0 Å². The molecule has 6 unspecified atom stereocenters. The van der Waals surface area contributed by atoms with Crippen molar-refractivity contribution in [1.29, 1.82) is 0 Å². The van der Waals surface area contributed by atoms with E-state index in [1.807, 2.05) is 6.92 Å². The van der Waals surface area contributed by atoms with Gasteiger partial charge in [-0.15, -0.1) is 0 Å². The molecule has 1 heterocycles. The fraction of sp³-hybridized carbons (Fsp3) is 0.846. The van der Waals surface area contributed by atoms with Crippen LogP contribution in [0.5, 0.6) is 0 Å². The SMILES string of the molecule is CCCCOC1OC([CH]C(C)C(N)=O)C(O)C(O)C1O. The summed E-state index contributed by atoms with van der Waals surface area (Å²) in [4.78, 5) is 11.0. The molecule has 1 saturated heterocycles. The van der Waals surface area contributed by atoms with E-state index in [9.17, 15) is 20.1 Å². The van der Waals surface area contributed by atoms with Gasteiger partial charge in [0, 0.05) is 18.9 Å². The molecule has 117 valence electrons. The van der Waals surface area contributed by atoms with Crippen molar-refractivity contribution >= 4 is 5.91 Å². The number of unbranched alkanes of at least 4 members (excludes halogenated alkanes) is 1. The van der Waals surface area contributed by atoms with Crippen molar-refractivity contribution in [1.82, 2.24) is 0 Å². The second kappa shape index (κ2) is 7.90. The van der Waals surface area contributed by atoms with Gasteiger partial charge in [0.15, 0.2) is 6.29 Å². The summed E-state index contributed by atoms with van der Waals surface area (Å²) in [5, 5.41) is 29.5. The molecule has 0 aromatic heterocycles. The molecule has 20 heavy (non-hydrogen) atoms. The third-order valence-corrected chi connectivity index (χ3v) is 3.31. The molecule has 1 aliphatic rings. The second-order valence-electron chi connectivity index (χ2n) is 5.05. The number of aliphatic hydroxyl groups is 3. The van der Waals surface area contributed by atoms with Gasteiger partial charge in [0.25, 0.3) is 0 Å². The van der Waals surface area contributed by atoms with E-state index in [0.717, 1.165) is 12.8 Å². The summed E-state index contributed by atoms with van der Waals surface area (Å²) in [6, 6.07) is 0. The van der Waals surface area contributed by atoms with Crippen LogP contribution in [-0.4, -0.2) is 58.5 Å². The Bertz CT molecular complexity index is 313. The zero-order chi connectivity index (χ0) is 15.3. The Labute approximate surface area is 118 Å². The molecule has 7 nitrogen and oxygen atoms in total. The molecule has 0 aromatic carbocycles. The van der Waals surface area contributed by atoms with Crippen LogP contribution >= 0.6 is 0 Å². The van der Waals surface area contributed by atoms with Crippen molar-refractivity contribution in [3.05, 3.63) is 6.42 Å². The number of carbonyl (C=O) groups is 1. The largest absolute Gasteiger partial charge is 0.388 e. The number of amides is 1. The third-order valence-electron chi connectivity index (χ3n) is 3.31. The van der Waals surface area contributed by atoms with E-state index in [0.29, 0.717) is 6.61 Å². The van der Waals surface area contributed by atoms with Crippen LogP contribution < -0.4 is 5.73 Å². The summed E-state index contributed by atoms with van der Waals surface area (Å²) >= 11 is 0. The van der Waals surface area contributed by atoms with Crippen LogP contribution in [0, 0.1) is 12.3 Å². The third kappa shape index (κ3) is 4.39. The van der Waals surface area contributed by atoms with E-state index in [2.05, 4.69) is 0 Å². The number of primary amides is 1. The van der Waals surface area contributed by atoms with Gasteiger partial charge in [0.05, 0.1) is 6.10 Å². The highest BCUT2D eigenvalue weighted by molar-refractivity contribution is 5.77. The van der Waals surface area contributed by atoms with Crippen LogP contribution in [0.4, 0.5) is 0 Å². The lowest BCUT2D eigenvalue weighted by atomic mass is 9.92. The molecule has 1 radical (unpaired) electrons. The van der Waals surface area contributed by atoms with Gasteiger partial charge in [-0.05, 0) is 6.42 Å². The van der Waals surface area contributed by atoms with Crippen LogP contribution in [0.3, 0.4) is 0 Å². The molecule has 0 aromatic rings. The van der Waals surface area contributed by atoms with Gasteiger partial charge in [-0.25, -0.2) is 0 Å². The molecular weight excluding hydrogens is 266 g/mol. The Morgan fingerprint density at radius 2 is 2.00 bits per heavy atom. The van der Waals surface area contributed by atoms with Gasteiger partial charge in [-0.3, -0.25) is 4.79 Å². The predicted octanol–water partition coefficient (Wildman–Crippen LogP) is -1.06. The van der Waals surface area contributed by atoms with Gasteiger partial charge < -0.3 is 30.5 Å². The van der Waals surface area contributed by atoms with Gasteiger partial charge in [-0.1, -0.05) is 20.3 Å². The summed E-state index contributed by atoms with van der Waals surface area (Å²) < 4.78 is 10.8. The Balaban J connectivity index is 2.63. The number of rotatable bonds is 7. The Hall–Kier alpha value is -0.730. The summed E-state index contributed by atoms with van der Waals surface area (Å²) in [5.74, 6) is -1.20. The summed E-state index contributed by atoms with van der Waals surface area (Å²) in [7, 11) is 0. The van der Waals surface area contributed by atoms with Gasteiger partial charge in [0.2, 0.25) is 5.91 Å². The Morgan fingerprint density at radius 3 is 2.55 bits per heavy atom. The van der Waals surface area contributed by atoms with Crippen LogP contribution in [0.25, 0.3) is 0 Å². The van der Waals surface area contributed by atoms with Crippen molar-refractivity contribution in [3.8, 4) is 0 Å². The molecule has 6 atom stereocenters. The molecule has 1 amide bonds. The highest BCUT2D eigenvalue weighted by atomic mass is 16.7. The highest BCUT2D eigenvalue weighted by Crippen LogP contribution is 2.25. The van der Waals surface area contributed by atoms with Gasteiger partial charge >= 0.3 is 0 Å². The van der Waals surface area contributed by atoms with Crippen molar-refractivity contribution in [2.45, 2.75) is 57.4 Å². The molecule has 0 bridgehead atoms. The summed E-state index contributed by atoms with van der Waals surface area (Å²) in [6.45, 7) is 3.92. The van der Waals surface area contributed by atoms with E-state index in [-0.39, 0.29) is 0 Å². The van der Waals surface area contributed by atoms with Gasteiger partial charge in [0.1, 0.15) is 18.3 Å². The first kappa shape index (κ1) is 17.3. The fourth-order valence-corrected chi connectivity index (χ4v) is 1.89. The number of hydrogen-bond acceptors (Lipinski definition) is 6. The lowest BCUT2D eigenvalue weighted by molar-refractivity contribution is -0.291. The van der Waals surface area contributed by atoms with Crippen molar-refractivity contribution in [2.24, 2.45) is 11.7 Å². The number of hydrogen-bond donors (Lipinski definition) is 4. The summed E-state index contributed by atoms with van der Waals surface area (Å²) in [6.07, 6.45) is -2.94. The van der Waals surface area contributed by atoms with Crippen LogP contribution in [-0.2, 0) is 14.3 Å². The van der Waals surface area contributed by atoms with E-state index < -0.39 is 42.5 Å². The fourth-order valence-electron chi connectivity index (χ4n) is 1.89. The van der Waals surface area contributed by atoms with E-state index >= 15 is 0 Å². The Morgan fingerprint density at radius 1 is 1.35 bits per heavy atom. The van der Waals surface area contributed by atoms with Crippen molar-refractivity contribution < 1.29 is 29.6 Å². The monoisotopic (exact) mass is 290 g/mol. The molecule has 5 N–H and O–H groups in total. The predicted molar refractivity (Wildman–Crippen MR) is 70.2 cm³/mol.